The van der Waals surface area contributed by atoms with Gasteiger partial charge in [0.05, 0.1) is 17.7 Å². The van der Waals surface area contributed by atoms with E-state index >= 15 is 0 Å². The van der Waals surface area contributed by atoms with Crippen LogP contribution in [-0.4, -0.2) is 40.6 Å². The molecule has 2 atom stereocenters. The van der Waals surface area contributed by atoms with Gasteiger partial charge < -0.3 is 9.64 Å². The molecule has 7 heteroatoms. The van der Waals surface area contributed by atoms with Crippen LogP contribution in [0.15, 0.2) is 54.6 Å². The highest BCUT2D eigenvalue weighted by atomic mass is 16.7. The van der Waals surface area contributed by atoms with Crippen LogP contribution in [0.4, 0.5) is 4.79 Å². The summed E-state index contributed by atoms with van der Waals surface area (Å²) in [6, 6.07) is 17.0. The predicted molar refractivity (Wildman–Crippen MR) is 98.8 cm³/mol. The molecule has 2 heterocycles. The van der Waals surface area contributed by atoms with E-state index in [9.17, 15) is 9.59 Å². The van der Waals surface area contributed by atoms with Gasteiger partial charge in [-0.3, -0.25) is 4.84 Å². The Morgan fingerprint density at radius 1 is 1.11 bits per heavy atom. The predicted octanol–water partition coefficient (Wildman–Crippen LogP) is 2.86. The quantitative estimate of drug-likeness (QED) is 0.591. The number of rotatable bonds is 5. The minimum Gasteiger partial charge on any atom is -0.425 e. The van der Waals surface area contributed by atoms with Gasteiger partial charge in [-0.05, 0) is 42.7 Å². The lowest BCUT2D eigenvalue weighted by molar-refractivity contribution is -0.141. The number of carbonyl (C=O) groups is 2. The summed E-state index contributed by atoms with van der Waals surface area (Å²) in [4.78, 5) is 32.6. The number of urea groups is 1. The van der Waals surface area contributed by atoms with Crippen LogP contribution in [-0.2, 0) is 16.2 Å². The number of benzene rings is 2. The van der Waals surface area contributed by atoms with Gasteiger partial charge in [0.2, 0.25) is 0 Å². The number of nitriles is 1. The van der Waals surface area contributed by atoms with Gasteiger partial charge in [-0.2, -0.15) is 10.3 Å². The molecule has 0 radical (unpaired) electrons. The van der Waals surface area contributed by atoms with Crippen LogP contribution < -0.4 is 4.74 Å². The van der Waals surface area contributed by atoms with E-state index in [1.165, 1.54) is 9.96 Å². The first kappa shape index (κ1) is 18.0. The number of fused-ring (bicyclic) bond motifs is 2. The number of hydrogen-bond acceptors (Lipinski definition) is 5. The first-order valence-electron chi connectivity index (χ1n) is 9.14. The summed E-state index contributed by atoms with van der Waals surface area (Å²) in [5, 5.41) is 10.2. The fourth-order valence-electron chi connectivity index (χ4n) is 3.54. The number of hydrogen-bond donors (Lipinski definition) is 0. The van der Waals surface area contributed by atoms with Crippen molar-refractivity contribution < 1.29 is 19.2 Å². The average Bonchev–Trinajstić information content (AvgIpc) is 2.97. The highest BCUT2D eigenvalue weighted by Gasteiger charge is 2.48. The lowest BCUT2D eigenvalue weighted by Gasteiger charge is -2.28. The highest BCUT2D eigenvalue weighted by Crippen LogP contribution is 2.31. The van der Waals surface area contributed by atoms with Crippen molar-refractivity contribution in [1.29, 1.82) is 5.26 Å². The third-order valence-corrected chi connectivity index (χ3v) is 5.01. The van der Waals surface area contributed by atoms with Gasteiger partial charge in [0.15, 0.2) is 0 Å². The van der Waals surface area contributed by atoms with Crippen LogP contribution in [0.5, 0.6) is 5.75 Å². The van der Waals surface area contributed by atoms with Gasteiger partial charge in [-0.1, -0.05) is 30.3 Å². The maximum Gasteiger partial charge on any atom is 0.345 e. The zero-order chi connectivity index (χ0) is 19.5. The minimum atomic E-state index is -0.635. The number of piperidine rings is 1. The molecule has 2 fully saturated rings. The number of nitrogens with zero attached hydrogens (tertiary/aromatic N) is 3. The second-order valence-electron chi connectivity index (χ2n) is 6.82. The topological polar surface area (TPSA) is 82.9 Å². The maximum absolute atomic E-state index is 12.7. The minimum absolute atomic E-state index is 0.0600. The van der Waals surface area contributed by atoms with Crippen molar-refractivity contribution in [3.05, 3.63) is 65.7 Å². The van der Waals surface area contributed by atoms with Gasteiger partial charge in [0.1, 0.15) is 18.4 Å². The monoisotopic (exact) mass is 377 g/mol. The number of esters is 1. The zero-order valence-electron chi connectivity index (χ0n) is 15.2. The molecular formula is C21H19N3O4. The van der Waals surface area contributed by atoms with Gasteiger partial charge in [0, 0.05) is 6.54 Å². The first-order valence-corrected chi connectivity index (χ1v) is 9.14. The van der Waals surface area contributed by atoms with Crippen molar-refractivity contribution in [3.8, 4) is 11.8 Å². The number of hydroxylamine groups is 2. The van der Waals surface area contributed by atoms with E-state index < -0.39 is 12.0 Å². The SMILES string of the molecule is N#Cc1ccc(OC(=O)[C@@H]2CC[C@@H]3CN2C(=O)N3OCc2ccccc2)cc1. The fraction of sp³-hybridized carbons (Fsp3) is 0.286. The Balaban J connectivity index is 1.39. The molecule has 28 heavy (non-hydrogen) atoms. The Morgan fingerprint density at radius 2 is 1.86 bits per heavy atom. The third kappa shape index (κ3) is 3.55. The van der Waals surface area contributed by atoms with Crippen LogP contribution in [0.25, 0.3) is 0 Å². The Hall–Kier alpha value is -3.37. The van der Waals surface area contributed by atoms with Gasteiger partial charge in [-0.15, -0.1) is 0 Å². The molecule has 2 saturated heterocycles. The average molecular weight is 377 g/mol. The van der Waals surface area contributed by atoms with E-state index in [4.69, 9.17) is 14.8 Å². The number of carbonyl (C=O) groups excluding carboxylic acids is 2. The number of amides is 2. The molecule has 0 aliphatic carbocycles. The van der Waals surface area contributed by atoms with E-state index in [1.54, 1.807) is 24.3 Å². The molecule has 142 valence electrons. The largest absolute Gasteiger partial charge is 0.425 e. The fourth-order valence-corrected chi connectivity index (χ4v) is 3.54. The molecule has 0 aromatic heterocycles. The van der Waals surface area contributed by atoms with Crippen molar-refractivity contribution in [1.82, 2.24) is 9.96 Å². The smallest absolute Gasteiger partial charge is 0.345 e. The Morgan fingerprint density at radius 3 is 2.57 bits per heavy atom. The molecule has 7 nitrogen and oxygen atoms in total. The molecule has 0 unspecified atom stereocenters. The molecule has 2 aliphatic rings. The first-order chi connectivity index (χ1) is 13.7. The summed E-state index contributed by atoms with van der Waals surface area (Å²) in [5.41, 5.74) is 1.46. The van der Waals surface area contributed by atoms with Crippen LogP contribution >= 0.6 is 0 Å². The highest BCUT2D eigenvalue weighted by molar-refractivity contribution is 5.86. The molecule has 2 bridgehead atoms. The van der Waals surface area contributed by atoms with Crippen LogP contribution in [0.1, 0.15) is 24.0 Å². The third-order valence-electron chi connectivity index (χ3n) is 5.01. The molecule has 2 aromatic carbocycles. The molecule has 2 aromatic rings. The summed E-state index contributed by atoms with van der Waals surface area (Å²) in [6.45, 7) is 0.748. The Kier molecular flexibility index (Phi) is 4.96. The van der Waals surface area contributed by atoms with Crippen molar-refractivity contribution >= 4 is 12.0 Å². The molecule has 2 aliphatic heterocycles. The van der Waals surface area contributed by atoms with E-state index in [0.29, 0.717) is 37.3 Å². The van der Waals surface area contributed by atoms with Crippen molar-refractivity contribution in [3.63, 3.8) is 0 Å². The van der Waals surface area contributed by atoms with Crippen LogP contribution in [0.3, 0.4) is 0 Å². The van der Waals surface area contributed by atoms with E-state index in [1.807, 2.05) is 36.4 Å². The van der Waals surface area contributed by atoms with Gasteiger partial charge in [0.25, 0.3) is 0 Å². The van der Waals surface area contributed by atoms with Crippen molar-refractivity contribution in [2.24, 2.45) is 0 Å². The van der Waals surface area contributed by atoms with E-state index in [0.717, 1.165) is 5.56 Å². The summed E-state index contributed by atoms with van der Waals surface area (Å²) in [6.07, 6.45) is 1.20. The number of ether oxygens (including phenoxy) is 1. The van der Waals surface area contributed by atoms with Crippen LogP contribution in [0, 0.1) is 11.3 Å². The molecule has 0 N–H and O–H groups in total. The summed E-state index contributed by atoms with van der Waals surface area (Å²) >= 11 is 0. The Bertz CT molecular complexity index is 907. The van der Waals surface area contributed by atoms with Crippen molar-refractivity contribution in [2.45, 2.75) is 31.5 Å². The van der Waals surface area contributed by atoms with Gasteiger partial charge in [-0.25, -0.2) is 9.59 Å². The second kappa shape index (κ2) is 7.71. The molecule has 0 saturated carbocycles. The molecule has 0 spiro atoms. The summed E-state index contributed by atoms with van der Waals surface area (Å²) in [5.74, 6) is -0.114. The zero-order valence-corrected chi connectivity index (χ0v) is 15.2. The lowest BCUT2D eigenvalue weighted by Crippen LogP contribution is -2.46. The summed E-state index contributed by atoms with van der Waals surface area (Å²) in [7, 11) is 0. The van der Waals surface area contributed by atoms with E-state index in [2.05, 4.69) is 0 Å². The maximum atomic E-state index is 12.7. The molecule has 2 amide bonds. The summed E-state index contributed by atoms with van der Waals surface area (Å²) < 4.78 is 5.42. The van der Waals surface area contributed by atoms with Crippen LogP contribution in [0.2, 0.25) is 0 Å². The van der Waals surface area contributed by atoms with E-state index in [-0.39, 0.29) is 12.1 Å². The lowest BCUT2D eigenvalue weighted by atomic mass is 10.0. The van der Waals surface area contributed by atoms with Gasteiger partial charge >= 0.3 is 12.0 Å². The molecule has 4 rings (SSSR count). The van der Waals surface area contributed by atoms with Crippen molar-refractivity contribution in [2.75, 3.05) is 6.54 Å². The molecular weight excluding hydrogens is 358 g/mol. The Labute approximate surface area is 162 Å². The normalized spacial score (nSPS) is 20.8. The standard InChI is InChI=1S/C21H19N3O4/c22-12-15-6-9-18(10-7-15)28-20(25)19-11-8-17-13-23(19)21(26)24(17)27-14-16-4-2-1-3-5-16/h1-7,9-10,17,19H,8,11,13-14H2/t17-,19+/m1/s1. The second-order valence-corrected chi connectivity index (χ2v) is 6.82.